The van der Waals surface area contributed by atoms with Crippen LogP contribution in [0.4, 0.5) is 4.79 Å². The second kappa shape index (κ2) is 8.19. The third-order valence-electron chi connectivity index (χ3n) is 5.73. The van der Waals surface area contributed by atoms with Crippen LogP contribution in [0.25, 0.3) is 0 Å². The maximum Gasteiger partial charge on any atom is 0.320 e. The number of rotatable bonds is 2. The largest absolute Gasteiger partial charge is 0.393 e. The average molecular weight is 337 g/mol. The van der Waals surface area contributed by atoms with E-state index in [1.165, 1.54) is 6.42 Å². The van der Waals surface area contributed by atoms with Gasteiger partial charge in [-0.25, -0.2) is 4.79 Å². The number of urea groups is 1. The maximum atomic E-state index is 12.6. The van der Waals surface area contributed by atoms with Gasteiger partial charge in [0.15, 0.2) is 0 Å². The smallest absolute Gasteiger partial charge is 0.320 e. The molecule has 0 aromatic rings. The number of likely N-dealkylation sites (tertiary alicyclic amines) is 2. The molecule has 0 radical (unpaired) electrons. The molecule has 1 atom stereocenters. The van der Waals surface area contributed by atoms with E-state index in [0.29, 0.717) is 6.54 Å². The van der Waals surface area contributed by atoms with Crippen LogP contribution < -0.4 is 5.32 Å². The molecule has 1 unspecified atom stereocenters. The van der Waals surface area contributed by atoms with Crippen molar-refractivity contribution in [3.05, 3.63) is 0 Å². The lowest BCUT2D eigenvalue weighted by Crippen LogP contribution is -2.52. The molecule has 6 heteroatoms. The van der Waals surface area contributed by atoms with E-state index < -0.39 is 0 Å². The lowest BCUT2D eigenvalue weighted by Gasteiger charge is -2.38. The van der Waals surface area contributed by atoms with Gasteiger partial charge < -0.3 is 20.2 Å². The second-order valence-corrected chi connectivity index (χ2v) is 7.63. The van der Waals surface area contributed by atoms with Crippen molar-refractivity contribution in [3.8, 4) is 0 Å². The number of nitrogens with one attached hydrogen (secondary N) is 1. The number of piperidine rings is 2. The van der Waals surface area contributed by atoms with Crippen molar-refractivity contribution >= 4 is 11.9 Å². The van der Waals surface area contributed by atoms with Gasteiger partial charge in [-0.05, 0) is 57.8 Å². The molecule has 0 spiro atoms. The monoisotopic (exact) mass is 337 g/mol. The highest BCUT2D eigenvalue weighted by atomic mass is 16.3. The van der Waals surface area contributed by atoms with Gasteiger partial charge in [0.05, 0.1) is 12.0 Å². The Balaban J connectivity index is 1.49. The summed E-state index contributed by atoms with van der Waals surface area (Å²) < 4.78 is 0. The van der Waals surface area contributed by atoms with Gasteiger partial charge in [0.1, 0.15) is 0 Å². The topological polar surface area (TPSA) is 72.9 Å². The van der Waals surface area contributed by atoms with E-state index in [2.05, 4.69) is 5.32 Å². The number of nitrogens with zero attached hydrogens (tertiary/aromatic N) is 2. The molecule has 3 rings (SSSR count). The van der Waals surface area contributed by atoms with Crippen molar-refractivity contribution in [2.75, 3.05) is 26.2 Å². The fourth-order valence-electron chi connectivity index (χ4n) is 4.19. The highest BCUT2D eigenvalue weighted by Crippen LogP contribution is 2.22. The van der Waals surface area contributed by atoms with Crippen LogP contribution in [0.15, 0.2) is 0 Å². The molecule has 1 saturated carbocycles. The number of carbonyl (C=O) groups is 2. The van der Waals surface area contributed by atoms with Crippen LogP contribution in [0.5, 0.6) is 0 Å². The predicted molar refractivity (Wildman–Crippen MR) is 91.5 cm³/mol. The summed E-state index contributed by atoms with van der Waals surface area (Å²) in [6.07, 6.45) is 8.23. The minimum absolute atomic E-state index is 0.0839. The molecular weight excluding hydrogens is 306 g/mol. The lowest BCUT2D eigenvalue weighted by molar-refractivity contribution is -0.127. The Morgan fingerprint density at radius 2 is 1.50 bits per heavy atom. The van der Waals surface area contributed by atoms with Crippen molar-refractivity contribution in [3.63, 3.8) is 0 Å². The fourth-order valence-corrected chi connectivity index (χ4v) is 4.19. The summed E-state index contributed by atoms with van der Waals surface area (Å²) in [6, 6.07) is 0.307. The van der Waals surface area contributed by atoms with Gasteiger partial charge in [0.2, 0.25) is 5.91 Å². The van der Waals surface area contributed by atoms with E-state index in [9.17, 15) is 14.7 Å². The molecule has 0 aromatic heterocycles. The molecule has 1 aliphatic carbocycles. The Morgan fingerprint density at radius 3 is 2.21 bits per heavy atom. The second-order valence-electron chi connectivity index (χ2n) is 7.63. The quantitative estimate of drug-likeness (QED) is 0.806. The minimum Gasteiger partial charge on any atom is -0.393 e. The normalized spacial score (nSPS) is 31.6. The van der Waals surface area contributed by atoms with Crippen LogP contribution in [-0.2, 0) is 4.79 Å². The zero-order valence-electron chi connectivity index (χ0n) is 14.6. The van der Waals surface area contributed by atoms with E-state index in [0.717, 1.165) is 71.0 Å². The van der Waals surface area contributed by atoms with Gasteiger partial charge in [-0.2, -0.15) is 0 Å². The van der Waals surface area contributed by atoms with Crippen molar-refractivity contribution in [1.82, 2.24) is 15.1 Å². The van der Waals surface area contributed by atoms with Crippen molar-refractivity contribution in [2.24, 2.45) is 5.92 Å². The fraction of sp³-hybridized carbons (Fsp3) is 0.889. The summed E-state index contributed by atoms with van der Waals surface area (Å²) in [5, 5.41) is 12.7. The molecule has 0 bridgehead atoms. The Bertz CT molecular complexity index is 443. The molecular formula is C18H31N3O3. The summed E-state index contributed by atoms with van der Waals surface area (Å²) in [4.78, 5) is 29.0. The first-order valence-corrected chi connectivity index (χ1v) is 9.66. The highest BCUT2D eigenvalue weighted by molar-refractivity contribution is 5.81. The standard InChI is InChI=1S/C18H31N3O3/c22-16-8-6-15(7-9-16)19-17(23)14-5-4-12-21(13-14)18(24)20-10-2-1-3-11-20/h14-16,22H,1-13H2,(H,19,23). The minimum atomic E-state index is -0.203. The first-order valence-electron chi connectivity index (χ1n) is 9.66. The van der Waals surface area contributed by atoms with E-state index >= 15 is 0 Å². The van der Waals surface area contributed by atoms with Crippen LogP contribution in [-0.4, -0.2) is 65.2 Å². The van der Waals surface area contributed by atoms with E-state index in [4.69, 9.17) is 0 Å². The molecule has 2 saturated heterocycles. The summed E-state index contributed by atoms with van der Waals surface area (Å²) in [5.74, 6) is 0.00637. The molecule has 2 heterocycles. The molecule has 3 aliphatic rings. The van der Waals surface area contributed by atoms with E-state index in [1.54, 1.807) is 0 Å². The summed E-state index contributed by atoms with van der Waals surface area (Å²) in [6.45, 7) is 3.04. The SMILES string of the molecule is O=C(NC1CCC(O)CC1)C1CCCN(C(=O)N2CCCCC2)C1. The van der Waals surface area contributed by atoms with E-state index in [1.807, 2.05) is 9.80 Å². The summed E-state index contributed by atoms with van der Waals surface area (Å²) in [5.41, 5.74) is 0. The molecule has 6 nitrogen and oxygen atoms in total. The molecule has 3 amide bonds. The lowest BCUT2D eigenvalue weighted by atomic mass is 9.91. The number of carbonyl (C=O) groups excluding carboxylic acids is 2. The number of hydrogen-bond acceptors (Lipinski definition) is 3. The Labute approximate surface area is 144 Å². The average Bonchev–Trinajstić information content (AvgIpc) is 2.64. The van der Waals surface area contributed by atoms with Crippen molar-refractivity contribution in [1.29, 1.82) is 0 Å². The van der Waals surface area contributed by atoms with Gasteiger partial charge in [0.25, 0.3) is 0 Å². The third kappa shape index (κ3) is 4.41. The van der Waals surface area contributed by atoms with Crippen molar-refractivity contribution in [2.45, 2.75) is 69.9 Å². The summed E-state index contributed by atoms with van der Waals surface area (Å²) in [7, 11) is 0. The molecule has 2 N–H and O–H groups in total. The molecule has 136 valence electrons. The molecule has 3 fully saturated rings. The highest BCUT2D eigenvalue weighted by Gasteiger charge is 2.32. The molecule has 24 heavy (non-hydrogen) atoms. The van der Waals surface area contributed by atoms with Gasteiger partial charge >= 0.3 is 6.03 Å². The number of aliphatic hydroxyl groups excluding tert-OH is 1. The number of aliphatic hydroxyl groups is 1. The zero-order valence-corrected chi connectivity index (χ0v) is 14.6. The predicted octanol–water partition coefficient (Wildman–Crippen LogP) is 1.72. The Morgan fingerprint density at radius 1 is 0.833 bits per heavy atom. The number of hydrogen-bond donors (Lipinski definition) is 2. The van der Waals surface area contributed by atoms with Crippen LogP contribution in [0.3, 0.4) is 0 Å². The summed E-state index contributed by atoms with van der Waals surface area (Å²) >= 11 is 0. The van der Waals surface area contributed by atoms with Gasteiger partial charge in [-0.1, -0.05) is 0 Å². The van der Waals surface area contributed by atoms with Gasteiger partial charge in [-0.3, -0.25) is 4.79 Å². The molecule has 2 aliphatic heterocycles. The van der Waals surface area contributed by atoms with Crippen molar-refractivity contribution < 1.29 is 14.7 Å². The van der Waals surface area contributed by atoms with Gasteiger partial charge in [0, 0.05) is 32.2 Å². The zero-order chi connectivity index (χ0) is 16.9. The Kier molecular flexibility index (Phi) is 5.98. The Hall–Kier alpha value is -1.30. The van der Waals surface area contributed by atoms with E-state index in [-0.39, 0.29) is 30.0 Å². The first-order chi connectivity index (χ1) is 11.6. The number of amides is 3. The first kappa shape index (κ1) is 17.5. The molecule has 0 aromatic carbocycles. The van der Waals surface area contributed by atoms with Gasteiger partial charge in [-0.15, -0.1) is 0 Å². The van der Waals surface area contributed by atoms with Crippen LogP contribution >= 0.6 is 0 Å². The van der Waals surface area contributed by atoms with Crippen LogP contribution in [0.1, 0.15) is 57.8 Å². The third-order valence-corrected chi connectivity index (χ3v) is 5.73. The maximum absolute atomic E-state index is 12.6. The van der Waals surface area contributed by atoms with Crippen LogP contribution in [0, 0.1) is 5.92 Å². The van der Waals surface area contributed by atoms with Crippen LogP contribution in [0.2, 0.25) is 0 Å².